The minimum atomic E-state index is 1.08. The number of hydrogen-bond acceptors (Lipinski definition) is 30. The van der Waals surface area contributed by atoms with Gasteiger partial charge in [0.25, 0.3) is 0 Å². The summed E-state index contributed by atoms with van der Waals surface area (Å²) in [7, 11) is 1.08. The molecule has 0 fully saturated rings. The topological polar surface area (TPSA) is 288 Å². The van der Waals surface area contributed by atoms with Gasteiger partial charge < -0.3 is 0 Å². The second-order valence-electron chi connectivity index (χ2n) is 2.08. The van der Waals surface area contributed by atoms with Gasteiger partial charge in [-0.1, -0.05) is 0 Å². The molecule has 0 radical (unpaired) electrons. The van der Waals surface area contributed by atoms with E-state index in [-0.39, 0.29) is 0 Å². The van der Waals surface area contributed by atoms with E-state index in [0.29, 0.717) is 0 Å². The summed E-state index contributed by atoms with van der Waals surface area (Å²) in [4.78, 5) is 3.87. The second-order valence-corrected chi connectivity index (χ2v) is 2.08. The maximum absolute atomic E-state index is 7.53. The fraction of sp³-hybridized carbons (Fsp3) is 1.00. The predicted molar refractivity (Wildman–Crippen MR) is 40.0 cm³/mol. The van der Waals surface area contributed by atoms with Crippen LogP contribution in [0.5, 0.6) is 0 Å². The van der Waals surface area contributed by atoms with Crippen LogP contribution in [-0.4, -0.2) is 12.4 Å². The minimum absolute atomic E-state index is 1.08. The first kappa shape index (κ1) is 29.8. The molecule has 0 aliphatic carbocycles. The van der Waals surface area contributed by atoms with E-state index in [2.05, 4.69) is 146 Å². The molecule has 1 N–H and O–H groups in total. The largest absolute Gasteiger partial charge is 0.219 e. The average molecular weight is 496 g/mol. The Kier molecular flexibility index (Phi) is 27.7. The van der Waals surface area contributed by atoms with Crippen LogP contribution in [0, 0.1) is 0 Å². The average Bonchev–Trinajstić information content (AvgIpc) is 2.78. The van der Waals surface area contributed by atoms with Gasteiger partial charge in [0.1, 0.15) is 0 Å². The van der Waals surface area contributed by atoms with Crippen LogP contribution in [0.1, 0.15) is 0 Å². The second kappa shape index (κ2) is 28.8. The Labute approximate surface area is 160 Å². The van der Waals surface area contributed by atoms with Gasteiger partial charge in [0.05, 0.1) is 7.11 Å². The third kappa shape index (κ3) is 28.8. The summed E-state index contributed by atoms with van der Waals surface area (Å²) in [5.41, 5.74) is 0. The molecule has 0 atom stereocenters. The molecule has 0 saturated heterocycles. The van der Waals surface area contributed by atoms with Crippen molar-refractivity contribution in [2.24, 2.45) is 0 Å². The summed E-state index contributed by atoms with van der Waals surface area (Å²) in [6.45, 7) is 0. The molecule has 0 rings (SSSR count). The van der Waals surface area contributed by atoms with Gasteiger partial charge >= 0.3 is 0 Å². The van der Waals surface area contributed by atoms with Crippen LogP contribution in [0.25, 0.3) is 0 Å². The quantitative estimate of drug-likeness (QED) is 0.0709. The Hall–Kier alpha value is -1.20. The lowest BCUT2D eigenvalue weighted by atomic mass is 11.8. The van der Waals surface area contributed by atoms with Crippen molar-refractivity contribution in [1.29, 1.82) is 0 Å². The van der Waals surface area contributed by atoms with Crippen molar-refractivity contribution >= 4 is 0 Å². The summed E-state index contributed by atoms with van der Waals surface area (Å²) in [5, 5.41) is 105. The van der Waals surface area contributed by atoms with Crippen molar-refractivity contribution in [1.82, 2.24) is 0 Å². The van der Waals surface area contributed by atoms with Gasteiger partial charge in [-0.3, -0.25) is 0 Å². The van der Waals surface area contributed by atoms with Crippen LogP contribution in [0.2, 0.25) is 0 Å². The van der Waals surface area contributed by atoms with Gasteiger partial charge in [-0.15, -0.1) is 0 Å². The van der Waals surface area contributed by atoms with Crippen LogP contribution in [0.4, 0.5) is 0 Å². The van der Waals surface area contributed by atoms with Crippen molar-refractivity contribution in [3.63, 3.8) is 0 Å². The molecule has 30 heteroatoms. The Morgan fingerprint density at radius 2 is 0.419 bits per heavy atom. The first-order chi connectivity index (χ1) is 15.4. The van der Waals surface area contributed by atoms with Crippen molar-refractivity contribution < 1.29 is 151 Å². The summed E-state index contributed by atoms with van der Waals surface area (Å²) in [6, 6.07) is 0. The molecular weight excluding hydrogens is 492 g/mol. The van der Waals surface area contributed by atoms with Crippen molar-refractivity contribution in [2.45, 2.75) is 0 Å². The lowest BCUT2D eigenvalue weighted by Crippen LogP contribution is -2.06. The highest BCUT2D eigenvalue weighted by Gasteiger charge is 2.01. The van der Waals surface area contributed by atoms with Crippen molar-refractivity contribution in [3.05, 3.63) is 0 Å². The normalized spacial score (nSPS) is 11.4. The number of rotatable bonds is 28. The maximum Gasteiger partial charge on any atom is 0.0745 e. The fourth-order valence-electron chi connectivity index (χ4n) is 0.324. The molecule has 0 aromatic carbocycles. The van der Waals surface area contributed by atoms with Gasteiger partial charge in [0.15, 0.2) is 0 Å². The standard InChI is InChI=1S/CH4O30/c1-3-5-7-9-11-13-15-17-19-21-23-25-27-29-31-30-28-26-24-22-20-18-16-14-12-10-8-6-4-2/h2H,1H3. The summed E-state index contributed by atoms with van der Waals surface area (Å²) in [5.74, 6) is 0. The molecule has 0 heterocycles. The van der Waals surface area contributed by atoms with Gasteiger partial charge in [0.2, 0.25) is 0 Å². The van der Waals surface area contributed by atoms with Crippen LogP contribution in [0.15, 0.2) is 0 Å². The Bertz CT molecular complexity index is 260. The van der Waals surface area contributed by atoms with E-state index in [1.807, 2.05) is 0 Å². The SMILES string of the molecule is COOOOOOOOOOOOOOOOOOOOOOOOOOOOOO. The number of hydrogen-bond donors (Lipinski definition) is 1. The first-order valence-corrected chi connectivity index (χ1v) is 5.26. The first-order valence-electron chi connectivity index (χ1n) is 5.26. The molecule has 188 valence electrons. The fourth-order valence-corrected chi connectivity index (χ4v) is 0.324. The third-order valence-corrected chi connectivity index (χ3v) is 0.821. The minimum Gasteiger partial charge on any atom is -0.219 e. The lowest BCUT2D eigenvalue weighted by Gasteiger charge is -1.99. The summed E-state index contributed by atoms with van der Waals surface area (Å²) >= 11 is 0. The summed E-state index contributed by atoms with van der Waals surface area (Å²) in [6.07, 6.45) is 0. The van der Waals surface area contributed by atoms with E-state index in [4.69, 9.17) is 5.26 Å². The molecule has 0 amide bonds. The van der Waals surface area contributed by atoms with E-state index in [0.717, 1.165) is 7.11 Å². The van der Waals surface area contributed by atoms with Crippen molar-refractivity contribution in [3.8, 4) is 0 Å². The van der Waals surface area contributed by atoms with Gasteiger partial charge in [-0.25, -0.2) is 10.1 Å². The molecule has 31 heavy (non-hydrogen) atoms. The highest BCUT2D eigenvalue weighted by Crippen LogP contribution is 1.95. The highest BCUT2D eigenvalue weighted by molar-refractivity contribution is 3.35. The van der Waals surface area contributed by atoms with Crippen LogP contribution in [-0.2, 0) is 146 Å². The Morgan fingerprint density at radius 1 is 0.258 bits per heavy atom. The molecule has 0 aliphatic heterocycles. The predicted octanol–water partition coefficient (Wildman–Crippen LogP) is -1.81. The van der Waals surface area contributed by atoms with Gasteiger partial charge in [0, 0.05) is 60.5 Å². The van der Waals surface area contributed by atoms with E-state index in [1.165, 1.54) is 0 Å². The van der Waals surface area contributed by atoms with E-state index in [9.17, 15) is 0 Å². The molecule has 0 unspecified atom stereocenters. The van der Waals surface area contributed by atoms with Crippen LogP contribution >= 0.6 is 0 Å². The molecule has 0 spiro atoms. The van der Waals surface area contributed by atoms with Gasteiger partial charge in [-0.2, -0.15) is 0 Å². The zero-order valence-corrected chi connectivity index (χ0v) is 13.3. The Balaban J connectivity index is 2.98. The monoisotopic (exact) mass is 496 g/mol. The molecule has 0 saturated carbocycles. The molecule has 0 aromatic heterocycles. The smallest absolute Gasteiger partial charge is 0.0745 e. The molecule has 0 aromatic rings. The van der Waals surface area contributed by atoms with Gasteiger partial charge in [-0.05, 0) is 80.6 Å². The van der Waals surface area contributed by atoms with E-state index >= 15 is 0 Å². The third-order valence-electron chi connectivity index (χ3n) is 0.821. The zero-order valence-electron chi connectivity index (χ0n) is 13.3. The highest BCUT2D eigenvalue weighted by atomic mass is 18.0. The van der Waals surface area contributed by atoms with Crippen LogP contribution < -0.4 is 0 Å². The molecular formula is CH4O30. The lowest BCUT2D eigenvalue weighted by molar-refractivity contribution is -0.904. The summed E-state index contributed by atoms with van der Waals surface area (Å²) < 4.78 is 0. The van der Waals surface area contributed by atoms with Crippen LogP contribution in [0.3, 0.4) is 0 Å². The zero-order chi connectivity index (χ0) is 22.5. The molecule has 0 aliphatic rings. The molecule has 0 bridgehead atoms. The van der Waals surface area contributed by atoms with E-state index < -0.39 is 0 Å². The maximum atomic E-state index is 7.53. The molecule has 30 nitrogen and oxygen atoms in total. The Morgan fingerprint density at radius 3 is 0.581 bits per heavy atom. The van der Waals surface area contributed by atoms with Crippen molar-refractivity contribution in [2.75, 3.05) is 7.11 Å². The van der Waals surface area contributed by atoms with E-state index in [1.54, 1.807) is 0 Å².